The molecule has 20 heavy (non-hydrogen) atoms. The molecule has 1 aromatic carbocycles. The van der Waals surface area contributed by atoms with Crippen molar-refractivity contribution in [2.45, 2.75) is 34.2 Å². The average Bonchev–Trinajstić information content (AvgIpc) is 2.84. The summed E-state index contributed by atoms with van der Waals surface area (Å²) in [5.74, 6) is 0.572. The first kappa shape index (κ1) is 14.2. The molecule has 0 spiro atoms. The van der Waals surface area contributed by atoms with E-state index in [1.54, 1.807) is 4.68 Å². The second-order valence-corrected chi connectivity index (χ2v) is 5.78. The van der Waals surface area contributed by atoms with E-state index < -0.39 is 5.41 Å². The number of nitrogens with one attached hydrogen (secondary N) is 1. The van der Waals surface area contributed by atoms with Crippen LogP contribution in [0.25, 0.3) is 5.69 Å². The summed E-state index contributed by atoms with van der Waals surface area (Å²) in [5, 5.41) is 14.4. The first-order valence-corrected chi connectivity index (χ1v) is 6.50. The number of carbonyl (C=O) groups excluding carboxylic acids is 1. The van der Waals surface area contributed by atoms with Crippen LogP contribution in [0.4, 0.5) is 0 Å². The quantitative estimate of drug-likeness (QED) is 0.922. The van der Waals surface area contributed by atoms with Crippen LogP contribution in [0.5, 0.6) is 0 Å². The predicted octanol–water partition coefficient (Wildman–Crippen LogP) is 1.63. The minimum Gasteiger partial charge on any atom is -0.348 e. The van der Waals surface area contributed by atoms with Gasteiger partial charge < -0.3 is 5.32 Å². The molecule has 2 aromatic rings. The Morgan fingerprint density at radius 2 is 1.90 bits per heavy atom. The standard InChI is InChI=1S/C14H19N5O/c1-10-5-7-11(8-6-10)19-12(16-17-18-19)9-15-13(20)14(2,3)4/h5-8H,9H2,1-4H3,(H,15,20). The van der Waals surface area contributed by atoms with Gasteiger partial charge in [-0.15, -0.1) is 5.10 Å². The predicted molar refractivity (Wildman–Crippen MR) is 75.2 cm³/mol. The van der Waals surface area contributed by atoms with Crippen molar-refractivity contribution in [3.63, 3.8) is 0 Å². The number of carbonyl (C=O) groups is 1. The molecule has 1 amide bonds. The molecule has 2 rings (SSSR count). The molecule has 106 valence electrons. The van der Waals surface area contributed by atoms with Crippen LogP contribution in [0.1, 0.15) is 32.2 Å². The summed E-state index contributed by atoms with van der Waals surface area (Å²) in [4.78, 5) is 11.9. The molecular formula is C14H19N5O. The highest BCUT2D eigenvalue weighted by atomic mass is 16.2. The Balaban J connectivity index is 2.13. The molecule has 0 saturated heterocycles. The van der Waals surface area contributed by atoms with Crippen LogP contribution in [0.15, 0.2) is 24.3 Å². The number of hydrogen-bond acceptors (Lipinski definition) is 4. The van der Waals surface area contributed by atoms with Gasteiger partial charge in [0.15, 0.2) is 5.82 Å². The van der Waals surface area contributed by atoms with Gasteiger partial charge in [0.1, 0.15) is 0 Å². The molecular weight excluding hydrogens is 254 g/mol. The van der Waals surface area contributed by atoms with Crippen LogP contribution in [-0.4, -0.2) is 26.1 Å². The monoisotopic (exact) mass is 273 g/mol. The van der Waals surface area contributed by atoms with Crippen LogP contribution < -0.4 is 5.32 Å². The van der Waals surface area contributed by atoms with E-state index in [0.29, 0.717) is 12.4 Å². The topological polar surface area (TPSA) is 72.7 Å². The van der Waals surface area contributed by atoms with Crippen molar-refractivity contribution in [2.75, 3.05) is 0 Å². The summed E-state index contributed by atoms with van der Waals surface area (Å²) in [7, 11) is 0. The smallest absolute Gasteiger partial charge is 0.225 e. The first-order valence-electron chi connectivity index (χ1n) is 6.50. The molecule has 0 aliphatic rings. The molecule has 0 aliphatic heterocycles. The molecule has 6 nitrogen and oxygen atoms in total. The van der Waals surface area contributed by atoms with Crippen LogP contribution in [0, 0.1) is 12.3 Å². The van der Waals surface area contributed by atoms with Gasteiger partial charge in [-0.05, 0) is 29.5 Å². The van der Waals surface area contributed by atoms with Gasteiger partial charge in [0.05, 0.1) is 12.2 Å². The van der Waals surface area contributed by atoms with Crippen molar-refractivity contribution in [3.05, 3.63) is 35.7 Å². The number of rotatable bonds is 3. The average molecular weight is 273 g/mol. The van der Waals surface area contributed by atoms with E-state index in [1.807, 2.05) is 52.0 Å². The van der Waals surface area contributed by atoms with Crippen molar-refractivity contribution in [1.29, 1.82) is 0 Å². The summed E-state index contributed by atoms with van der Waals surface area (Å²) in [5.41, 5.74) is 1.62. The number of amides is 1. The van der Waals surface area contributed by atoms with E-state index in [9.17, 15) is 4.79 Å². The molecule has 1 heterocycles. The Morgan fingerprint density at radius 3 is 2.50 bits per heavy atom. The SMILES string of the molecule is Cc1ccc(-n2nnnc2CNC(=O)C(C)(C)C)cc1. The molecule has 0 unspecified atom stereocenters. The van der Waals surface area contributed by atoms with Gasteiger partial charge in [-0.2, -0.15) is 4.68 Å². The van der Waals surface area contributed by atoms with Crippen LogP contribution in [0.2, 0.25) is 0 Å². The molecule has 0 radical (unpaired) electrons. The Hall–Kier alpha value is -2.24. The van der Waals surface area contributed by atoms with E-state index in [4.69, 9.17) is 0 Å². The zero-order valence-corrected chi connectivity index (χ0v) is 12.2. The fraction of sp³-hybridized carbons (Fsp3) is 0.429. The fourth-order valence-corrected chi connectivity index (χ4v) is 1.63. The number of nitrogens with zero attached hydrogens (tertiary/aromatic N) is 4. The Bertz CT molecular complexity index is 595. The van der Waals surface area contributed by atoms with E-state index in [0.717, 1.165) is 5.69 Å². The molecule has 0 bridgehead atoms. The van der Waals surface area contributed by atoms with Gasteiger partial charge in [-0.3, -0.25) is 4.79 Å². The lowest BCUT2D eigenvalue weighted by molar-refractivity contribution is -0.128. The molecule has 0 aliphatic carbocycles. The van der Waals surface area contributed by atoms with Crippen molar-refractivity contribution in [2.24, 2.45) is 5.41 Å². The van der Waals surface area contributed by atoms with Gasteiger partial charge >= 0.3 is 0 Å². The maximum atomic E-state index is 11.9. The molecule has 0 saturated carbocycles. The maximum Gasteiger partial charge on any atom is 0.225 e. The lowest BCUT2D eigenvalue weighted by Crippen LogP contribution is -2.35. The van der Waals surface area contributed by atoms with Gasteiger partial charge in [-0.1, -0.05) is 38.5 Å². The third-order valence-corrected chi connectivity index (χ3v) is 2.90. The maximum absolute atomic E-state index is 11.9. The largest absolute Gasteiger partial charge is 0.348 e. The van der Waals surface area contributed by atoms with E-state index >= 15 is 0 Å². The van der Waals surface area contributed by atoms with Crippen molar-refractivity contribution < 1.29 is 4.79 Å². The Kier molecular flexibility index (Phi) is 3.83. The zero-order chi connectivity index (χ0) is 14.8. The molecule has 0 fully saturated rings. The summed E-state index contributed by atoms with van der Waals surface area (Å²) in [6.45, 7) is 7.92. The first-order chi connectivity index (χ1) is 9.38. The lowest BCUT2D eigenvalue weighted by Gasteiger charge is -2.17. The van der Waals surface area contributed by atoms with Crippen LogP contribution >= 0.6 is 0 Å². The second kappa shape index (κ2) is 5.40. The highest BCUT2D eigenvalue weighted by Crippen LogP contribution is 2.13. The number of hydrogen-bond donors (Lipinski definition) is 1. The highest BCUT2D eigenvalue weighted by molar-refractivity contribution is 5.81. The fourth-order valence-electron chi connectivity index (χ4n) is 1.63. The third kappa shape index (κ3) is 3.20. The van der Waals surface area contributed by atoms with E-state index in [-0.39, 0.29) is 5.91 Å². The van der Waals surface area contributed by atoms with Crippen LogP contribution in [0.3, 0.4) is 0 Å². The summed E-state index contributed by atoms with van der Waals surface area (Å²) in [6.07, 6.45) is 0. The Labute approximate surface area is 118 Å². The van der Waals surface area contributed by atoms with Gasteiger partial charge in [0.25, 0.3) is 0 Å². The second-order valence-electron chi connectivity index (χ2n) is 5.78. The normalized spacial score (nSPS) is 11.4. The number of aryl methyl sites for hydroxylation is 1. The number of aromatic nitrogens is 4. The van der Waals surface area contributed by atoms with Gasteiger partial charge in [0.2, 0.25) is 5.91 Å². The van der Waals surface area contributed by atoms with Crippen molar-refractivity contribution in [3.8, 4) is 5.69 Å². The third-order valence-electron chi connectivity index (χ3n) is 2.90. The number of benzene rings is 1. The highest BCUT2D eigenvalue weighted by Gasteiger charge is 2.21. The van der Waals surface area contributed by atoms with Crippen LogP contribution in [-0.2, 0) is 11.3 Å². The lowest BCUT2D eigenvalue weighted by atomic mass is 9.96. The zero-order valence-electron chi connectivity index (χ0n) is 12.2. The Morgan fingerprint density at radius 1 is 1.25 bits per heavy atom. The summed E-state index contributed by atoms with van der Waals surface area (Å²) < 4.78 is 1.63. The summed E-state index contributed by atoms with van der Waals surface area (Å²) in [6, 6.07) is 7.88. The van der Waals surface area contributed by atoms with Gasteiger partial charge in [0, 0.05) is 5.41 Å². The minimum atomic E-state index is -0.428. The molecule has 6 heteroatoms. The molecule has 0 atom stereocenters. The molecule has 1 N–H and O–H groups in total. The number of tetrazole rings is 1. The molecule has 1 aromatic heterocycles. The van der Waals surface area contributed by atoms with E-state index in [2.05, 4.69) is 20.8 Å². The van der Waals surface area contributed by atoms with Gasteiger partial charge in [-0.25, -0.2) is 0 Å². The minimum absolute atomic E-state index is 0.0315. The van der Waals surface area contributed by atoms with Crippen molar-refractivity contribution >= 4 is 5.91 Å². The summed E-state index contributed by atoms with van der Waals surface area (Å²) >= 11 is 0. The van der Waals surface area contributed by atoms with E-state index in [1.165, 1.54) is 5.56 Å². The van der Waals surface area contributed by atoms with Crippen molar-refractivity contribution in [1.82, 2.24) is 25.5 Å².